The predicted octanol–water partition coefficient (Wildman–Crippen LogP) is 5.37. The topological polar surface area (TPSA) is 88.1 Å². The van der Waals surface area contributed by atoms with Gasteiger partial charge in [0.15, 0.2) is 17.1 Å². The number of aliphatic carboxylic acids is 1. The summed E-state index contributed by atoms with van der Waals surface area (Å²) in [7, 11) is 1.50. The Hall–Kier alpha value is -3.22. The Morgan fingerprint density at radius 1 is 1.06 bits per heavy atom. The summed E-state index contributed by atoms with van der Waals surface area (Å²) in [5.74, 6) is -0.0189. The molecule has 2 aromatic rings. The Morgan fingerprint density at radius 3 is 2.39 bits per heavy atom. The van der Waals surface area contributed by atoms with Crippen LogP contribution in [0.3, 0.4) is 0 Å². The summed E-state index contributed by atoms with van der Waals surface area (Å²) < 4.78 is 11.1. The highest BCUT2D eigenvalue weighted by molar-refractivity contribution is 5.80. The van der Waals surface area contributed by atoms with E-state index in [0.717, 1.165) is 25.1 Å². The Morgan fingerprint density at radius 2 is 1.75 bits per heavy atom. The average molecular weight is 497 g/mol. The number of ether oxygens (including phenoxy) is 2. The van der Waals surface area contributed by atoms with Crippen LogP contribution in [0.1, 0.15) is 70.5 Å². The van der Waals surface area contributed by atoms with Crippen LogP contribution in [0.2, 0.25) is 0 Å². The number of hydrogen-bond donors (Lipinski definition) is 2. The molecule has 1 heterocycles. The van der Waals surface area contributed by atoms with E-state index in [2.05, 4.69) is 42.3 Å². The third-order valence-corrected chi connectivity index (χ3v) is 6.52. The lowest BCUT2D eigenvalue weighted by atomic mass is 9.94. The van der Waals surface area contributed by atoms with E-state index in [1.165, 1.54) is 51.5 Å². The Labute approximate surface area is 214 Å². The normalized spacial score (nSPS) is 14.9. The van der Waals surface area contributed by atoms with E-state index >= 15 is 0 Å². The first-order chi connectivity index (χ1) is 17.1. The summed E-state index contributed by atoms with van der Waals surface area (Å²) >= 11 is 0. The fraction of sp³-hybridized carbons (Fsp3) is 0.517. The van der Waals surface area contributed by atoms with Gasteiger partial charge < -0.3 is 24.8 Å². The molecular weight excluding hydrogens is 456 g/mol. The van der Waals surface area contributed by atoms with E-state index in [0.29, 0.717) is 17.4 Å². The average Bonchev–Trinajstić information content (AvgIpc) is 2.84. The van der Waals surface area contributed by atoms with Crippen LogP contribution in [0.15, 0.2) is 42.5 Å². The van der Waals surface area contributed by atoms with Gasteiger partial charge in [-0.2, -0.15) is 0 Å². The number of amides is 1. The van der Waals surface area contributed by atoms with Gasteiger partial charge in [-0.1, -0.05) is 38.1 Å². The number of hydrogen-bond acceptors (Lipinski definition) is 5. The number of anilines is 1. The van der Waals surface area contributed by atoms with Crippen molar-refractivity contribution >= 4 is 17.6 Å². The largest absolute Gasteiger partial charge is 0.493 e. The van der Waals surface area contributed by atoms with Gasteiger partial charge in [0.1, 0.15) is 0 Å². The number of carbonyl (C=O) groups is 2. The SMILES string of the molecule is COc1cc(CC(=O)NC(CC(C)C)c2ccccc2N2CCCCC2)ccc1OC(C)(C)C(=O)O. The summed E-state index contributed by atoms with van der Waals surface area (Å²) in [6.07, 6.45) is 4.68. The second-order valence-electron chi connectivity index (χ2n) is 10.4. The van der Waals surface area contributed by atoms with E-state index in [9.17, 15) is 14.7 Å². The maximum Gasteiger partial charge on any atom is 0.347 e. The van der Waals surface area contributed by atoms with Crippen LogP contribution in [0.25, 0.3) is 0 Å². The number of carbonyl (C=O) groups excluding carboxylic acids is 1. The smallest absolute Gasteiger partial charge is 0.347 e. The molecule has 7 heteroatoms. The van der Waals surface area contributed by atoms with Crippen LogP contribution < -0.4 is 19.7 Å². The van der Waals surface area contributed by atoms with Gasteiger partial charge in [-0.15, -0.1) is 0 Å². The van der Waals surface area contributed by atoms with Crippen molar-refractivity contribution in [2.45, 2.75) is 71.4 Å². The fourth-order valence-corrected chi connectivity index (χ4v) is 4.60. The van der Waals surface area contributed by atoms with Crippen molar-refractivity contribution in [1.29, 1.82) is 0 Å². The summed E-state index contributed by atoms with van der Waals surface area (Å²) in [4.78, 5) is 27.1. The minimum atomic E-state index is -1.40. The molecule has 1 amide bonds. The van der Waals surface area contributed by atoms with Gasteiger partial charge in [-0.25, -0.2) is 4.79 Å². The molecule has 1 aliphatic rings. The summed E-state index contributed by atoms with van der Waals surface area (Å²) in [5, 5.41) is 12.6. The van der Waals surface area contributed by atoms with Crippen molar-refractivity contribution in [3.8, 4) is 11.5 Å². The van der Waals surface area contributed by atoms with Gasteiger partial charge in [0, 0.05) is 18.8 Å². The van der Waals surface area contributed by atoms with Gasteiger partial charge in [-0.3, -0.25) is 4.79 Å². The molecule has 0 saturated carbocycles. The maximum absolute atomic E-state index is 13.2. The lowest BCUT2D eigenvalue weighted by Gasteiger charge is -2.33. The number of piperidine rings is 1. The number of rotatable bonds is 11. The Kier molecular flexibility index (Phi) is 9.24. The minimum Gasteiger partial charge on any atom is -0.493 e. The summed E-state index contributed by atoms with van der Waals surface area (Å²) in [5.41, 5.74) is 1.74. The molecule has 0 aliphatic carbocycles. The number of para-hydroxylation sites is 1. The van der Waals surface area contributed by atoms with E-state index < -0.39 is 11.6 Å². The third-order valence-electron chi connectivity index (χ3n) is 6.52. The molecule has 196 valence electrons. The number of carboxylic acid groups (broad SMARTS) is 1. The molecule has 0 radical (unpaired) electrons. The molecule has 0 bridgehead atoms. The van der Waals surface area contributed by atoms with Gasteiger partial charge in [0.2, 0.25) is 5.91 Å². The molecule has 1 fully saturated rings. The van der Waals surface area contributed by atoms with Crippen molar-refractivity contribution in [1.82, 2.24) is 5.32 Å². The molecule has 3 rings (SSSR count). The lowest BCUT2D eigenvalue weighted by molar-refractivity contribution is -0.152. The standard InChI is InChI=1S/C29H40N2O5/c1-20(2)17-23(22-11-7-8-12-24(22)31-15-9-6-10-16-31)30-27(32)19-21-13-14-25(26(18-21)35-5)36-29(3,4)28(33)34/h7-8,11-14,18,20,23H,6,9-10,15-17,19H2,1-5H3,(H,30,32)(H,33,34). The predicted molar refractivity (Wildman–Crippen MR) is 142 cm³/mol. The monoisotopic (exact) mass is 496 g/mol. The second-order valence-corrected chi connectivity index (χ2v) is 10.4. The quantitative estimate of drug-likeness (QED) is 0.435. The number of nitrogens with zero attached hydrogens (tertiary/aromatic N) is 1. The maximum atomic E-state index is 13.2. The molecule has 1 unspecified atom stereocenters. The lowest BCUT2D eigenvalue weighted by Crippen LogP contribution is -2.38. The number of carboxylic acids is 1. The van der Waals surface area contributed by atoms with E-state index in [4.69, 9.17) is 9.47 Å². The number of nitrogens with one attached hydrogen (secondary N) is 1. The van der Waals surface area contributed by atoms with Crippen molar-refractivity contribution < 1.29 is 24.2 Å². The molecule has 36 heavy (non-hydrogen) atoms. The van der Waals surface area contributed by atoms with Crippen molar-refractivity contribution in [2.75, 3.05) is 25.1 Å². The number of benzene rings is 2. The highest BCUT2D eigenvalue weighted by Gasteiger charge is 2.30. The first-order valence-corrected chi connectivity index (χ1v) is 12.8. The zero-order chi connectivity index (χ0) is 26.3. The van der Waals surface area contributed by atoms with Crippen LogP contribution in [-0.4, -0.2) is 42.8 Å². The zero-order valence-corrected chi connectivity index (χ0v) is 22.2. The molecule has 2 aromatic carbocycles. The molecule has 1 atom stereocenters. The van der Waals surface area contributed by atoms with Gasteiger partial charge in [-0.05, 0) is 74.8 Å². The number of methoxy groups -OCH3 is 1. The van der Waals surface area contributed by atoms with E-state index in [1.807, 2.05) is 6.07 Å². The highest BCUT2D eigenvalue weighted by Crippen LogP contribution is 2.33. The minimum absolute atomic E-state index is 0.0734. The Bertz CT molecular complexity index is 1040. The van der Waals surface area contributed by atoms with E-state index in [-0.39, 0.29) is 18.4 Å². The summed E-state index contributed by atoms with van der Waals surface area (Å²) in [6.45, 7) is 9.40. The molecule has 7 nitrogen and oxygen atoms in total. The Balaban J connectivity index is 1.77. The molecular formula is C29H40N2O5. The van der Waals surface area contributed by atoms with Crippen LogP contribution in [0.5, 0.6) is 11.5 Å². The van der Waals surface area contributed by atoms with Gasteiger partial charge in [0.05, 0.1) is 19.6 Å². The molecule has 1 saturated heterocycles. The highest BCUT2D eigenvalue weighted by atomic mass is 16.5. The van der Waals surface area contributed by atoms with Gasteiger partial charge >= 0.3 is 5.97 Å². The van der Waals surface area contributed by atoms with Crippen molar-refractivity contribution in [2.24, 2.45) is 5.92 Å². The second kappa shape index (κ2) is 12.2. The van der Waals surface area contributed by atoms with Crippen molar-refractivity contribution in [3.05, 3.63) is 53.6 Å². The third kappa shape index (κ3) is 7.15. The first-order valence-electron chi connectivity index (χ1n) is 12.8. The molecule has 2 N–H and O–H groups in total. The van der Waals surface area contributed by atoms with Gasteiger partial charge in [0.25, 0.3) is 0 Å². The van der Waals surface area contributed by atoms with E-state index in [1.54, 1.807) is 18.2 Å². The van der Waals surface area contributed by atoms with Crippen LogP contribution >= 0.6 is 0 Å². The first kappa shape index (κ1) is 27.4. The zero-order valence-electron chi connectivity index (χ0n) is 22.2. The molecule has 0 aromatic heterocycles. The molecule has 0 spiro atoms. The summed E-state index contributed by atoms with van der Waals surface area (Å²) in [6, 6.07) is 13.5. The van der Waals surface area contributed by atoms with Crippen LogP contribution in [0, 0.1) is 5.92 Å². The van der Waals surface area contributed by atoms with Crippen LogP contribution in [0.4, 0.5) is 5.69 Å². The van der Waals surface area contributed by atoms with Crippen LogP contribution in [-0.2, 0) is 16.0 Å². The van der Waals surface area contributed by atoms with Crippen molar-refractivity contribution in [3.63, 3.8) is 0 Å². The molecule has 1 aliphatic heterocycles. The fourth-order valence-electron chi connectivity index (χ4n) is 4.60.